The second-order valence-corrected chi connectivity index (χ2v) is 10.4. The maximum Gasteiger partial charge on any atom is 0.262 e. The van der Waals surface area contributed by atoms with E-state index in [9.17, 15) is 4.79 Å². The Morgan fingerprint density at radius 1 is 1.10 bits per heavy atom. The molecule has 2 heterocycles. The SMILES string of the molecule is CC1CCN(c2ccc(NC(=O)COc3ccc(C4SCCCS4)cc3)cc2)C1. The van der Waals surface area contributed by atoms with Crippen molar-refractivity contribution in [1.29, 1.82) is 0 Å². The van der Waals surface area contributed by atoms with Gasteiger partial charge in [-0.25, -0.2) is 0 Å². The van der Waals surface area contributed by atoms with Crippen LogP contribution in [0, 0.1) is 5.92 Å². The number of nitrogens with one attached hydrogen (secondary N) is 1. The number of carbonyl (C=O) groups excluding carboxylic acids is 1. The van der Waals surface area contributed by atoms with E-state index in [4.69, 9.17) is 4.74 Å². The Labute approximate surface area is 181 Å². The van der Waals surface area contributed by atoms with Gasteiger partial charge >= 0.3 is 0 Å². The minimum absolute atomic E-state index is 0.0116. The van der Waals surface area contributed by atoms with Gasteiger partial charge < -0.3 is 15.0 Å². The van der Waals surface area contributed by atoms with Crippen LogP contribution in [0.4, 0.5) is 11.4 Å². The predicted octanol–water partition coefficient (Wildman–Crippen LogP) is 5.42. The fraction of sp³-hybridized carbons (Fsp3) is 0.435. The third-order valence-electron chi connectivity index (χ3n) is 5.29. The third-order valence-corrected chi connectivity index (χ3v) is 8.30. The fourth-order valence-corrected chi connectivity index (χ4v) is 6.57. The molecule has 2 aliphatic heterocycles. The molecule has 1 atom stereocenters. The number of thioether (sulfide) groups is 2. The van der Waals surface area contributed by atoms with E-state index >= 15 is 0 Å². The number of ether oxygens (including phenoxy) is 1. The van der Waals surface area contributed by atoms with Gasteiger partial charge in [0.15, 0.2) is 6.61 Å². The molecule has 6 heteroatoms. The van der Waals surface area contributed by atoms with Crippen LogP contribution in [0.5, 0.6) is 5.75 Å². The molecule has 0 radical (unpaired) electrons. The van der Waals surface area contributed by atoms with Crippen LogP contribution in [0.1, 0.15) is 29.9 Å². The van der Waals surface area contributed by atoms with Crippen LogP contribution in [0.15, 0.2) is 48.5 Å². The van der Waals surface area contributed by atoms with Crippen molar-refractivity contribution in [2.24, 2.45) is 5.92 Å². The molecule has 2 saturated heterocycles. The molecule has 2 aromatic carbocycles. The van der Waals surface area contributed by atoms with Gasteiger partial charge in [0.25, 0.3) is 5.91 Å². The predicted molar refractivity (Wildman–Crippen MR) is 125 cm³/mol. The quantitative estimate of drug-likeness (QED) is 0.665. The maximum absolute atomic E-state index is 12.2. The van der Waals surface area contributed by atoms with Gasteiger partial charge in [0.05, 0.1) is 4.58 Å². The summed E-state index contributed by atoms with van der Waals surface area (Å²) in [6.07, 6.45) is 2.54. The van der Waals surface area contributed by atoms with E-state index in [-0.39, 0.29) is 12.5 Å². The summed E-state index contributed by atoms with van der Waals surface area (Å²) >= 11 is 4.01. The molecule has 0 aromatic heterocycles. The molecule has 1 unspecified atom stereocenters. The van der Waals surface area contributed by atoms with Gasteiger partial charge in [-0.05, 0) is 72.2 Å². The van der Waals surface area contributed by atoms with Gasteiger partial charge in [-0.15, -0.1) is 23.5 Å². The van der Waals surface area contributed by atoms with Crippen LogP contribution in [-0.2, 0) is 4.79 Å². The first-order chi connectivity index (χ1) is 14.2. The van der Waals surface area contributed by atoms with Crippen LogP contribution >= 0.6 is 23.5 Å². The van der Waals surface area contributed by atoms with E-state index in [1.165, 1.54) is 35.6 Å². The summed E-state index contributed by atoms with van der Waals surface area (Å²) in [4.78, 5) is 14.6. The molecule has 2 fully saturated rings. The molecule has 4 rings (SSSR count). The van der Waals surface area contributed by atoms with Gasteiger partial charge in [0.2, 0.25) is 0 Å². The maximum atomic E-state index is 12.2. The molecule has 0 saturated carbocycles. The summed E-state index contributed by atoms with van der Waals surface area (Å²) in [6.45, 7) is 4.52. The lowest BCUT2D eigenvalue weighted by Crippen LogP contribution is -2.21. The molecule has 154 valence electrons. The van der Waals surface area contributed by atoms with Gasteiger partial charge in [0, 0.05) is 24.5 Å². The summed E-state index contributed by atoms with van der Waals surface area (Å²) < 4.78 is 6.19. The Morgan fingerprint density at radius 3 is 2.48 bits per heavy atom. The van der Waals surface area contributed by atoms with E-state index in [0.717, 1.165) is 30.4 Å². The molecule has 0 aliphatic carbocycles. The van der Waals surface area contributed by atoms with E-state index in [0.29, 0.717) is 4.58 Å². The Bertz CT molecular complexity index is 805. The van der Waals surface area contributed by atoms with Crippen molar-refractivity contribution in [3.8, 4) is 5.75 Å². The molecular weight excluding hydrogens is 400 g/mol. The third kappa shape index (κ3) is 5.64. The molecule has 1 N–H and O–H groups in total. The van der Waals surface area contributed by atoms with Crippen LogP contribution in [0.3, 0.4) is 0 Å². The minimum Gasteiger partial charge on any atom is -0.484 e. The molecule has 29 heavy (non-hydrogen) atoms. The number of hydrogen-bond donors (Lipinski definition) is 1. The second-order valence-electron chi connectivity index (χ2n) is 7.72. The summed E-state index contributed by atoms with van der Waals surface area (Å²) in [5, 5.41) is 2.91. The lowest BCUT2D eigenvalue weighted by Gasteiger charge is -2.21. The highest BCUT2D eigenvalue weighted by atomic mass is 32.2. The average Bonchev–Trinajstić information content (AvgIpc) is 3.20. The smallest absolute Gasteiger partial charge is 0.262 e. The lowest BCUT2D eigenvalue weighted by atomic mass is 10.2. The Morgan fingerprint density at radius 2 is 1.83 bits per heavy atom. The van der Waals surface area contributed by atoms with E-state index in [2.05, 4.69) is 41.4 Å². The Balaban J connectivity index is 1.24. The van der Waals surface area contributed by atoms with E-state index in [1.807, 2.05) is 47.8 Å². The summed E-state index contributed by atoms with van der Waals surface area (Å²) in [7, 11) is 0. The molecule has 4 nitrogen and oxygen atoms in total. The first kappa shape index (κ1) is 20.5. The standard InChI is InChI=1S/C23H28N2O2S2/c1-17-11-12-25(15-17)20-7-5-19(6-8-20)24-22(26)16-27-21-9-3-18(4-10-21)23-28-13-2-14-29-23/h3-10,17,23H,2,11-16H2,1H3,(H,24,26). The largest absolute Gasteiger partial charge is 0.484 e. The van der Waals surface area contributed by atoms with Crippen molar-refractivity contribution in [1.82, 2.24) is 0 Å². The first-order valence-corrected chi connectivity index (χ1v) is 12.4. The highest BCUT2D eigenvalue weighted by Gasteiger charge is 2.19. The van der Waals surface area contributed by atoms with Crippen LogP contribution in [-0.4, -0.2) is 37.1 Å². The highest BCUT2D eigenvalue weighted by Crippen LogP contribution is 2.43. The molecule has 1 amide bonds. The van der Waals surface area contributed by atoms with Crippen LogP contribution < -0.4 is 15.0 Å². The first-order valence-electron chi connectivity index (χ1n) is 10.3. The highest BCUT2D eigenvalue weighted by molar-refractivity contribution is 8.16. The van der Waals surface area contributed by atoms with E-state index < -0.39 is 0 Å². The minimum atomic E-state index is -0.144. The number of anilines is 2. The molecule has 2 aromatic rings. The number of rotatable bonds is 6. The zero-order valence-electron chi connectivity index (χ0n) is 16.8. The topological polar surface area (TPSA) is 41.6 Å². The van der Waals surface area contributed by atoms with Crippen molar-refractivity contribution in [3.63, 3.8) is 0 Å². The summed E-state index contributed by atoms with van der Waals surface area (Å²) in [6, 6.07) is 16.2. The molecule has 0 bridgehead atoms. The molecule has 0 spiro atoms. The number of nitrogens with zero attached hydrogens (tertiary/aromatic N) is 1. The van der Waals surface area contributed by atoms with Crippen molar-refractivity contribution in [2.45, 2.75) is 24.3 Å². The zero-order valence-corrected chi connectivity index (χ0v) is 18.4. The second kappa shape index (κ2) is 9.81. The number of hydrogen-bond acceptors (Lipinski definition) is 5. The van der Waals surface area contributed by atoms with Crippen molar-refractivity contribution < 1.29 is 9.53 Å². The normalized spacial score (nSPS) is 19.9. The van der Waals surface area contributed by atoms with Crippen molar-refractivity contribution in [3.05, 3.63) is 54.1 Å². The van der Waals surface area contributed by atoms with Gasteiger partial charge in [-0.1, -0.05) is 19.1 Å². The Hall–Kier alpha value is -1.79. The molecule has 2 aliphatic rings. The fourth-order valence-electron chi connectivity index (χ4n) is 3.67. The zero-order chi connectivity index (χ0) is 20.1. The monoisotopic (exact) mass is 428 g/mol. The average molecular weight is 429 g/mol. The van der Waals surface area contributed by atoms with Gasteiger partial charge in [-0.2, -0.15) is 0 Å². The lowest BCUT2D eigenvalue weighted by molar-refractivity contribution is -0.118. The summed E-state index contributed by atoms with van der Waals surface area (Å²) in [5.41, 5.74) is 3.35. The number of amides is 1. The van der Waals surface area contributed by atoms with E-state index in [1.54, 1.807) is 0 Å². The van der Waals surface area contributed by atoms with Gasteiger partial charge in [-0.3, -0.25) is 4.79 Å². The van der Waals surface area contributed by atoms with Gasteiger partial charge in [0.1, 0.15) is 5.75 Å². The van der Waals surface area contributed by atoms with Crippen molar-refractivity contribution in [2.75, 3.05) is 41.4 Å². The number of carbonyl (C=O) groups is 1. The van der Waals surface area contributed by atoms with Crippen molar-refractivity contribution >= 4 is 40.8 Å². The van der Waals surface area contributed by atoms with Crippen LogP contribution in [0.2, 0.25) is 0 Å². The molecular formula is C23H28N2O2S2. The Kier molecular flexibility index (Phi) is 6.93. The number of benzene rings is 2. The summed E-state index contributed by atoms with van der Waals surface area (Å²) in [5.74, 6) is 3.80. The van der Waals surface area contributed by atoms with Crippen LogP contribution in [0.25, 0.3) is 0 Å².